The lowest BCUT2D eigenvalue weighted by Gasteiger charge is -2.11. The highest BCUT2D eigenvalue weighted by molar-refractivity contribution is 7.15. The van der Waals surface area contributed by atoms with E-state index >= 15 is 0 Å². The Morgan fingerprint density at radius 1 is 1.69 bits per heavy atom. The van der Waals surface area contributed by atoms with Crippen LogP contribution in [-0.2, 0) is 6.54 Å². The fourth-order valence-corrected chi connectivity index (χ4v) is 2.68. The molecule has 1 N–H and O–H groups in total. The zero-order chi connectivity index (χ0) is 11.5. The molecule has 1 fully saturated rings. The van der Waals surface area contributed by atoms with Gasteiger partial charge in [0.05, 0.1) is 4.92 Å². The van der Waals surface area contributed by atoms with Gasteiger partial charge in [0.1, 0.15) is 0 Å². The van der Waals surface area contributed by atoms with Gasteiger partial charge in [-0.25, -0.2) is 0 Å². The second-order valence-electron chi connectivity index (χ2n) is 4.13. The highest BCUT2D eigenvalue weighted by atomic mass is 32.1. The van der Waals surface area contributed by atoms with Crippen molar-refractivity contribution in [2.45, 2.75) is 19.0 Å². The van der Waals surface area contributed by atoms with Gasteiger partial charge in [0.15, 0.2) is 0 Å². The van der Waals surface area contributed by atoms with Gasteiger partial charge in [-0.1, -0.05) is 11.3 Å². The van der Waals surface area contributed by atoms with Crippen molar-refractivity contribution in [3.63, 3.8) is 0 Å². The molecule has 0 spiro atoms. The molecule has 0 amide bonds. The summed E-state index contributed by atoms with van der Waals surface area (Å²) in [6.45, 7) is 2.92. The van der Waals surface area contributed by atoms with Gasteiger partial charge in [0, 0.05) is 30.1 Å². The lowest BCUT2D eigenvalue weighted by atomic mass is 10.2. The third-order valence-corrected chi connectivity index (χ3v) is 3.82. The van der Waals surface area contributed by atoms with Gasteiger partial charge < -0.3 is 10.2 Å². The van der Waals surface area contributed by atoms with E-state index in [1.807, 2.05) is 6.07 Å². The largest absolute Gasteiger partial charge is 0.324 e. The number of rotatable bonds is 4. The Hall–Kier alpha value is -0.980. The van der Waals surface area contributed by atoms with Crippen LogP contribution in [0.3, 0.4) is 0 Å². The Kier molecular flexibility index (Phi) is 3.52. The van der Waals surface area contributed by atoms with Crippen LogP contribution in [0.15, 0.2) is 12.1 Å². The van der Waals surface area contributed by atoms with Crippen molar-refractivity contribution in [3.05, 3.63) is 27.1 Å². The maximum atomic E-state index is 10.5. The molecule has 88 valence electrons. The Morgan fingerprint density at radius 2 is 2.50 bits per heavy atom. The molecule has 6 heteroatoms. The molecular weight excluding hydrogens is 226 g/mol. The summed E-state index contributed by atoms with van der Waals surface area (Å²) in [5.74, 6) is 0. The maximum absolute atomic E-state index is 10.5. The van der Waals surface area contributed by atoms with E-state index in [0.29, 0.717) is 6.04 Å². The first kappa shape index (κ1) is 11.5. The predicted molar refractivity (Wildman–Crippen MR) is 63.7 cm³/mol. The number of hydrogen-bond donors (Lipinski definition) is 1. The van der Waals surface area contributed by atoms with Gasteiger partial charge in [-0.3, -0.25) is 10.1 Å². The second kappa shape index (κ2) is 4.90. The van der Waals surface area contributed by atoms with E-state index in [-0.39, 0.29) is 9.92 Å². The number of likely N-dealkylation sites (tertiary alicyclic amines) is 1. The Morgan fingerprint density at radius 3 is 3.06 bits per heavy atom. The normalized spacial score (nSPS) is 21.4. The summed E-state index contributed by atoms with van der Waals surface area (Å²) < 4.78 is 0. The third-order valence-electron chi connectivity index (χ3n) is 2.78. The van der Waals surface area contributed by atoms with Crippen LogP contribution in [0.4, 0.5) is 5.00 Å². The quantitative estimate of drug-likeness (QED) is 0.640. The summed E-state index contributed by atoms with van der Waals surface area (Å²) in [6, 6.07) is 3.92. The summed E-state index contributed by atoms with van der Waals surface area (Å²) in [6.07, 6.45) is 1.16. The zero-order valence-corrected chi connectivity index (χ0v) is 10.00. The SMILES string of the molecule is CN1CCC(NCc2ccc([N+](=O)[O-])s2)C1. The third kappa shape index (κ3) is 2.78. The topological polar surface area (TPSA) is 58.4 Å². The van der Waals surface area contributed by atoms with E-state index in [4.69, 9.17) is 0 Å². The van der Waals surface area contributed by atoms with Gasteiger partial charge in [0.25, 0.3) is 0 Å². The number of thiophene rings is 1. The molecule has 1 aromatic rings. The number of likely N-dealkylation sites (N-methyl/N-ethyl adjacent to an activating group) is 1. The molecule has 0 radical (unpaired) electrons. The van der Waals surface area contributed by atoms with Gasteiger partial charge in [-0.2, -0.15) is 0 Å². The molecule has 1 unspecified atom stereocenters. The first-order valence-corrected chi connectivity index (χ1v) is 6.12. The van der Waals surface area contributed by atoms with Gasteiger partial charge in [0.2, 0.25) is 0 Å². The van der Waals surface area contributed by atoms with E-state index < -0.39 is 0 Å². The maximum Gasteiger partial charge on any atom is 0.324 e. The van der Waals surface area contributed by atoms with Crippen LogP contribution < -0.4 is 5.32 Å². The minimum absolute atomic E-state index is 0.223. The molecule has 1 atom stereocenters. The molecule has 1 saturated heterocycles. The first-order valence-electron chi connectivity index (χ1n) is 5.30. The van der Waals surface area contributed by atoms with E-state index in [1.165, 1.54) is 11.3 Å². The average molecular weight is 241 g/mol. The van der Waals surface area contributed by atoms with Crippen LogP contribution in [-0.4, -0.2) is 36.0 Å². The Labute approximate surface area is 98.2 Å². The van der Waals surface area contributed by atoms with Crippen molar-refractivity contribution in [2.75, 3.05) is 20.1 Å². The van der Waals surface area contributed by atoms with Crippen LogP contribution in [0.1, 0.15) is 11.3 Å². The van der Waals surface area contributed by atoms with Crippen molar-refractivity contribution in [1.82, 2.24) is 10.2 Å². The summed E-state index contributed by atoms with van der Waals surface area (Å²) in [5.41, 5.74) is 0. The van der Waals surface area contributed by atoms with Gasteiger partial charge >= 0.3 is 5.00 Å². The molecule has 5 nitrogen and oxygen atoms in total. The molecule has 1 aliphatic heterocycles. The van der Waals surface area contributed by atoms with Crippen LogP contribution in [0.25, 0.3) is 0 Å². The van der Waals surface area contributed by atoms with Crippen molar-refractivity contribution < 1.29 is 4.92 Å². The smallest absolute Gasteiger partial charge is 0.308 e. The molecule has 0 bridgehead atoms. The molecule has 2 heterocycles. The van der Waals surface area contributed by atoms with Crippen molar-refractivity contribution in [1.29, 1.82) is 0 Å². The minimum Gasteiger partial charge on any atom is -0.308 e. The predicted octanol–water partition coefficient (Wildman–Crippen LogP) is 1.45. The number of nitrogens with one attached hydrogen (secondary N) is 1. The van der Waals surface area contributed by atoms with Crippen LogP contribution in [0.2, 0.25) is 0 Å². The van der Waals surface area contributed by atoms with E-state index in [0.717, 1.165) is 30.9 Å². The first-order chi connectivity index (χ1) is 7.65. The summed E-state index contributed by atoms with van der Waals surface area (Å²) >= 11 is 1.25. The Bertz CT molecular complexity index is 380. The molecule has 1 aromatic heterocycles. The van der Waals surface area contributed by atoms with Crippen LogP contribution >= 0.6 is 11.3 Å². The molecule has 2 rings (SSSR count). The molecule has 0 saturated carbocycles. The molecule has 0 aromatic carbocycles. The molecule has 0 aliphatic carbocycles. The highest BCUT2D eigenvalue weighted by Crippen LogP contribution is 2.23. The monoisotopic (exact) mass is 241 g/mol. The molecule has 1 aliphatic rings. The van der Waals surface area contributed by atoms with Gasteiger partial charge in [-0.05, 0) is 26.1 Å². The fraction of sp³-hybridized carbons (Fsp3) is 0.600. The lowest BCUT2D eigenvalue weighted by Crippen LogP contribution is -2.30. The summed E-state index contributed by atoms with van der Waals surface area (Å²) in [5, 5.41) is 14.2. The zero-order valence-electron chi connectivity index (χ0n) is 9.18. The molecule has 16 heavy (non-hydrogen) atoms. The number of nitrogens with zero attached hydrogens (tertiary/aromatic N) is 2. The van der Waals surface area contributed by atoms with Crippen LogP contribution in [0, 0.1) is 10.1 Å². The second-order valence-corrected chi connectivity index (χ2v) is 5.27. The van der Waals surface area contributed by atoms with Gasteiger partial charge in [-0.15, -0.1) is 0 Å². The summed E-state index contributed by atoms with van der Waals surface area (Å²) in [4.78, 5) is 13.5. The van der Waals surface area contributed by atoms with E-state index in [2.05, 4.69) is 17.3 Å². The fourth-order valence-electron chi connectivity index (χ4n) is 1.91. The average Bonchev–Trinajstić information content (AvgIpc) is 2.83. The standard InChI is InChI=1S/C10H15N3O2S/c1-12-5-4-8(7-12)11-6-9-2-3-10(16-9)13(14)15/h2-3,8,11H,4-7H2,1H3. The Balaban J connectivity index is 1.83. The number of hydrogen-bond acceptors (Lipinski definition) is 5. The minimum atomic E-state index is -0.336. The number of nitro groups is 1. The van der Waals surface area contributed by atoms with Crippen LogP contribution in [0.5, 0.6) is 0 Å². The van der Waals surface area contributed by atoms with Crippen molar-refractivity contribution >= 4 is 16.3 Å². The van der Waals surface area contributed by atoms with Crippen molar-refractivity contribution in [2.24, 2.45) is 0 Å². The summed E-state index contributed by atoms with van der Waals surface area (Å²) in [7, 11) is 2.11. The highest BCUT2D eigenvalue weighted by Gasteiger charge is 2.19. The van der Waals surface area contributed by atoms with Crippen molar-refractivity contribution in [3.8, 4) is 0 Å². The molecular formula is C10H15N3O2S. The lowest BCUT2D eigenvalue weighted by molar-refractivity contribution is -0.380. The van der Waals surface area contributed by atoms with E-state index in [9.17, 15) is 10.1 Å². The van der Waals surface area contributed by atoms with E-state index in [1.54, 1.807) is 6.07 Å².